The summed E-state index contributed by atoms with van der Waals surface area (Å²) in [6, 6.07) is 25.0. The van der Waals surface area contributed by atoms with Crippen LogP contribution in [-0.2, 0) is 30.6 Å². The second-order valence-electron chi connectivity index (χ2n) is 19.0. The summed E-state index contributed by atoms with van der Waals surface area (Å²) in [6.45, 7) is 13.6. The van der Waals surface area contributed by atoms with E-state index in [1.807, 2.05) is 12.1 Å². The molecule has 5 heterocycles. The number of para-hydroxylation sites is 2. The number of Topliss-reactive ketones (excluding diaryl/α,β-unsaturated/α-hetero) is 1. The van der Waals surface area contributed by atoms with E-state index in [2.05, 4.69) is 33.7 Å². The van der Waals surface area contributed by atoms with Gasteiger partial charge in [-0.2, -0.15) is 10.5 Å². The number of thioether (sulfide) groups is 4. The number of likely N-dealkylation sites (tertiary alicyclic amines) is 1. The number of amides is 3. The lowest BCUT2D eigenvalue weighted by atomic mass is 9.71. The van der Waals surface area contributed by atoms with Crippen molar-refractivity contribution in [1.82, 2.24) is 29.7 Å². The lowest BCUT2D eigenvalue weighted by Gasteiger charge is -2.52. The number of hydrogen-bond donors (Lipinski definition) is 1. The normalized spacial score (nSPS) is 30.0. The van der Waals surface area contributed by atoms with Crippen LogP contribution in [0, 0.1) is 39.4 Å². The third-order valence-corrected chi connectivity index (χ3v) is 19.2. The first-order chi connectivity index (χ1) is 34.9. The lowest BCUT2D eigenvalue weighted by Crippen LogP contribution is -2.71. The van der Waals surface area contributed by atoms with Crippen LogP contribution in [0.5, 0.6) is 11.5 Å². The maximum absolute atomic E-state index is 14.9. The molecule has 2 aromatic heterocycles. The van der Waals surface area contributed by atoms with Crippen LogP contribution >= 0.6 is 71.5 Å². The number of ether oxygens (including phenoxy) is 2. The van der Waals surface area contributed by atoms with Gasteiger partial charge < -0.3 is 29.3 Å². The van der Waals surface area contributed by atoms with E-state index in [9.17, 15) is 39.6 Å². The molecular weight excluding hydrogens is 1060 g/mol. The van der Waals surface area contributed by atoms with E-state index in [0.717, 1.165) is 35.3 Å². The number of benzene rings is 2. The second kappa shape index (κ2) is 21.5. The van der Waals surface area contributed by atoms with E-state index >= 15 is 0 Å². The van der Waals surface area contributed by atoms with Crippen molar-refractivity contribution < 1.29 is 38.6 Å². The van der Waals surface area contributed by atoms with Gasteiger partial charge in [-0.05, 0) is 135 Å². The number of nitrogens with zero attached hydrogens (tertiary/aromatic N) is 8. The Bertz CT molecular complexity index is 3010. The van der Waals surface area contributed by atoms with Crippen LogP contribution in [0.3, 0.4) is 0 Å². The summed E-state index contributed by atoms with van der Waals surface area (Å²) >= 11 is 15.1. The van der Waals surface area contributed by atoms with E-state index in [4.69, 9.17) is 33.9 Å². The van der Waals surface area contributed by atoms with E-state index in [1.165, 1.54) is 53.0 Å². The van der Waals surface area contributed by atoms with Gasteiger partial charge in [-0.1, -0.05) is 72.6 Å². The highest BCUT2D eigenvalue weighted by molar-refractivity contribution is 8.24. The molecule has 1 N–H and O–H groups in total. The highest BCUT2D eigenvalue weighted by Crippen LogP contribution is 2.67. The zero-order valence-electron chi connectivity index (χ0n) is 41.6. The van der Waals surface area contributed by atoms with Crippen LogP contribution < -0.4 is 9.47 Å². The molecule has 1 aliphatic carbocycles. The standard InChI is InChI=1S/C31H28N4O5S4.C21H24N4O3S2/c1-29(19-32)18-31(44-28(42)40-23-12-8-5-9-13-23)26(38)34(3)30(2,43-27(41)39-22-10-6-4-7-11-22)25(37)35(31)24(29)20-14-15-21(17-36)33-16-20;1-12(2)29-20(5)17(27)16-15(14-7-23-11-24-8-14)19(4,10-22)9-21(16,30-13(3)26)18(28)25(20)6/h4-16,24,36H,17-18H2,1-3H3;7-8,11,15-16H,1,9H2,2-6H3/t24?,29-,30+,31+;15?,16?,19-,20+,21-/m11/s1. The Morgan fingerprint density at radius 1 is 0.730 bits per heavy atom. The molecular formula is C52H52N8O8S6. The van der Waals surface area contributed by atoms with Gasteiger partial charge in [-0.15, -0.1) is 0 Å². The lowest BCUT2D eigenvalue weighted by molar-refractivity contribution is -0.163. The largest absolute Gasteiger partial charge is 0.440 e. The Balaban J connectivity index is 0.000000233. The maximum atomic E-state index is 14.9. The average Bonchev–Trinajstić information content (AvgIpc) is 3.80. The maximum Gasteiger partial charge on any atom is 0.261 e. The second-order valence-corrected chi connectivity index (χ2v) is 26.1. The summed E-state index contributed by atoms with van der Waals surface area (Å²) in [7, 11) is 3.12. The fourth-order valence-corrected chi connectivity index (χ4v) is 16.3. The Kier molecular flexibility index (Phi) is 16.3. The molecule has 3 amide bonds. The third kappa shape index (κ3) is 9.97. The van der Waals surface area contributed by atoms with E-state index in [1.54, 1.807) is 115 Å². The van der Waals surface area contributed by atoms with E-state index in [-0.39, 0.29) is 45.0 Å². The Hall–Kier alpha value is -5.72. The molecule has 8 rings (SSSR count). The van der Waals surface area contributed by atoms with Gasteiger partial charge in [0, 0.05) is 51.9 Å². The number of pyridine rings is 1. The molecule has 22 heteroatoms. The molecule has 9 atom stereocenters. The Labute approximate surface area is 457 Å². The van der Waals surface area contributed by atoms with Crippen molar-refractivity contribution in [3.05, 3.63) is 126 Å². The zero-order valence-corrected chi connectivity index (χ0v) is 46.5. The van der Waals surface area contributed by atoms with Gasteiger partial charge in [0.1, 0.15) is 27.4 Å². The number of nitriles is 2. The van der Waals surface area contributed by atoms with Crippen molar-refractivity contribution in [3.63, 3.8) is 0 Å². The van der Waals surface area contributed by atoms with Gasteiger partial charge in [0.25, 0.3) is 11.8 Å². The SMILES string of the molecule is C=C(C)S[C@@]1(C)C(=O)C2C(c3cncnc3)[C@@](C)(C#N)C[C@]2(SC(C)=O)C(=O)N1C.CN1C(=O)[C@@]2(SC(=S)Oc3ccccc3)C[C@](C)(C#N)C(c3ccc(CO)nc3)N2C(=O)[C@]1(C)SC(=S)Oc1ccccc1. The number of carbonyl (C=O) groups excluding carboxylic acids is 5. The molecule has 4 fully saturated rings. The van der Waals surface area contributed by atoms with Crippen LogP contribution in [0.2, 0.25) is 0 Å². The summed E-state index contributed by atoms with van der Waals surface area (Å²) in [5.41, 5.74) is -0.715. The molecule has 1 saturated carbocycles. The molecule has 0 bridgehead atoms. The first kappa shape index (κ1) is 56.0. The predicted molar refractivity (Wildman–Crippen MR) is 293 cm³/mol. The van der Waals surface area contributed by atoms with Crippen LogP contribution in [0.25, 0.3) is 0 Å². The minimum Gasteiger partial charge on any atom is -0.440 e. The molecule has 16 nitrogen and oxygen atoms in total. The number of ketones is 1. The van der Waals surface area contributed by atoms with Gasteiger partial charge >= 0.3 is 0 Å². The molecule has 3 saturated heterocycles. The summed E-state index contributed by atoms with van der Waals surface area (Å²) in [5.74, 6) is -1.94. The van der Waals surface area contributed by atoms with Crippen LogP contribution in [0.15, 0.2) is 109 Å². The molecule has 384 valence electrons. The molecule has 3 aliphatic heterocycles. The number of carbonyl (C=O) groups is 5. The summed E-state index contributed by atoms with van der Waals surface area (Å²) in [5, 5.41) is 30.0. The van der Waals surface area contributed by atoms with E-state index < -0.39 is 59.9 Å². The quantitative estimate of drug-likeness (QED) is 0.147. The third-order valence-electron chi connectivity index (χ3n) is 13.8. The number of piperidine rings is 1. The van der Waals surface area contributed by atoms with Gasteiger partial charge in [-0.25, -0.2) is 9.97 Å². The number of thiocarbonyl (C=S) groups is 2. The Morgan fingerprint density at radius 2 is 1.28 bits per heavy atom. The molecule has 74 heavy (non-hydrogen) atoms. The number of fused-ring (bicyclic) bond motifs is 2. The Morgan fingerprint density at radius 3 is 1.78 bits per heavy atom. The number of aromatic nitrogens is 3. The summed E-state index contributed by atoms with van der Waals surface area (Å²) in [4.78, 5) is 82.6. The van der Waals surface area contributed by atoms with Gasteiger partial charge in [0.15, 0.2) is 20.6 Å². The van der Waals surface area contributed by atoms with Crippen molar-refractivity contribution in [3.8, 4) is 23.6 Å². The number of hydrogen-bond acceptors (Lipinski definition) is 19. The topological polar surface area (TPSA) is 220 Å². The summed E-state index contributed by atoms with van der Waals surface area (Å²) in [6.07, 6.45) is 6.12. The van der Waals surface area contributed by atoms with Gasteiger partial charge in [0.05, 0.1) is 47.2 Å². The summed E-state index contributed by atoms with van der Waals surface area (Å²) < 4.78 is 10.5. The fourth-order valence-electron chi connectivity index (χ4n) is 10.4. The fraction of sp³-hybridized carbons (Fsp3) is 0.385. The number of aliphatic hydroxyl groups is 1. The number of likely N-dealkylation sites (N-methyl/N-ethyl adjacent to an activating group) is 2. The molecule has 4 aliphatic rings. The molecule has 2 aromatic carbocycles. The zero-order chi connectivity index (χ0) is 54.2. The number of rotatable bonds is 10. The van der Waals surface area contributed by atoms with Crippen LogP contribution in [-0.4, -0.2) is 106 Å². The monoisotopic (exact) mass is 1110 g/mol. The number of piperazine rings is 1. The van der Waals surface area contributed by atoms with Crippen LogP contribution in [0.4, 0.5) is 0 Å². The highest BCUT2D eigenvalue weighted by atomic mass is 32.2. The smallest absolute Gasteiger partial charge is 0.261 e. The van der Waals surface area contributed by atoms with Gasteiger partial charge in [0.2, 0.25) is 14.7 Å². The first-order valence-electron chi connectivity index (χ1n) is 22.9. The number of aliphatic hydroxyl groups excluding tert-OH is 1. The van der Waals surface area contributed by atoms with Gasteiger partial charge in [-0.3, -0.25) is 29.0 Å². The first-order valence-corrected chi connectivity index (χ1v) is 27.0. The van der Waals surface area contributed by atoms with E-state index in [0.29, 0.717) is 33.2 Å². The average molecular weight is 1110 g/mol. The van der Waals surface area contributed by atoms with Crippen molar-refractivity contribution in [2.75, 3.05) is 14.1 Å². The molecule has 0 radical (unpaired) electrons. The molecule has 0 spiro atoms. The van der Waals surface area contributed by atoms with Crippen LogP contribution in [0.1, 0.15) is 83.2 Å². The number of allylic oxidation sites excluding steroid dienone is 1. The minimum atomic E-state index is -1.62. The highest BCUT2D eigenvalue weighted by Gasteiger charge is 2.74. The molecule has 3 unspecified atom stereocenters. The van der Waals surface area contributed by atoms with Crippen molar-refractivity contribution in [1.29, 1.82) is 10.5 Å². The molecule has 4 aromatic rings. The minimum absolute atomic E-state index is 0.0182. The van der Waals surface area contributed by atoms with Crippen molar-refractivity contribution in [2.45, 2.75) is 92.3 Å². The van der Waals surface area contributed by atoms with Crippen molar-refractivity contribution in [2.24, 2.45) is 16.7 Å². The van der Waals surface area contributed by atoms with Crippen molar-refractivity contribution >= 4 is 109 Å². The predicted octanol–water partition coefficient (Wildman–Crippen LogP) is 8.61.